The van der Waals surface area contributed by atoms with Crippen molar-refractivity contribution in [3.05, 3.63) is 96.1 Å². The molecule has 37 heavy (non-hydrogen) atoms. The van der Waals surface area contributed by atoms with E-state index in [4.69, 9.17) is 4.98 Å². The zero-order chi connectivity index (χ0) is 25.5. The highest BCUT2D eigenvalue weighted by Gasteiger charge is 2.27. The molecule has 1 saturated carbocycles. The van der Waals surface area contributed by atoms with Gasteiger partial charge in [-0.3, -0.25) is 14.6 Å². The molecule has 0 radical (unpaired) electrons. The van der Waals surface area contributed by atoms with E-state index in [1.54, 1.807) is 24.5 Å². The van der Waals surface area contributed by atoms with Crippen LogP contribution in [0.1, 0.15) is 53.8 Å². The molecule has 1 aliphatic rings. The number of para-hydroxylation sites is 2. The molecule has 1 fully saturated rings. The summed E-state index contributed by atoms with van der Waals surface area (Å²) in [4.78, 5) is 37.2. The minimum atomic E-state index is -0.146. The van der Waals surface area contributed by atoms with Crippen molar-refractivity contribution in [3.8, 4) is 0 Å². The number of nitrogens with zero attached hydrogens (tertiary/aromatic N) is 4. The molecular weight excluding hydrogens is 462 g/mol. The van der Waals surface area contributed by atoms with Crippen LogP contribution in [0.3, 0.4) is 0 Å². The summed E-state index contributed by atoms with van der Waals surface area (Å²) in [6.07, 6.45) is 9.42. The topological polar surface area (TPSA) is 80.1 Å². The third-order valence-electron chi connectivity index (χ3n) is 7.14. The molecule has 0 spiro atoms. The van der Waals surface area contributed by atoms with Crippen LogP contribution >= 0.6 is 0 Å². The van der Waals surface area contributed by atoms with Crippen LogP contribution in [0.15, 0.2) is 79.1 Å². The molecule has 0 atom stereocenters. The summed E-state index contributed by atoms with van der Waals surface area (Å²) in [7, 11) is 0. The quantitative estimate of drug-likeness (QED) is 0.363. The number of hydrogen-bond acceptors (Lipinski definition) is 4. The van der Waals surface area contributed by atoms with Gasteiger partial charge in [-0.15, -0.1) is 0 Å². The van der Waals surface area contributed by atoms with Gasteiger partial charge in [0.1, 0.15) is 12.4 Å². The van der Waals surface area contributed by atoms with Crippen molar-refractivity contribution in [2.75, 3.05) is 6.54 Å². The lowest BCUT2D eigenvalue weighted by Gasteiger charge is -2.35. The number of fused-ring (bicyclic) bond motifs is 1. The number of hydrogen-bond donors (Lipinski definition) is 1. The average molecular weight is 496 g/mol. The average Bonchev–Trinajstić information content (AvgIpc) is 3.30. The number of imidazole rings is 1. The molecule has 0 unspecified atom stereocenters. The molecule has 5 rings (SSSR count). The van der Waals surface area contributed by atoms with Crippen LogP contribution in [0.25, 0.3) is 11.0 Å². The minimum absolute atomic E-state index is 0.112. The highest BCUT2D eigenvalue weighted by Crippen LogP contribution is 2.25. The maximum atomic E-state index is 13.9. The summed E-state index contributed by atoms with van der Waals surface area (Å²) in [6, 6.07) is 21.8. The summed E-state index contributed by atoms with van der Waals surface area (Å²) in [5.41, 5.74) is 3.52. The molecule has 190 valence electrons. The molecule has 7 nitrogen and oxygen atoms in total. The molecule has 7 heteroatoms. The Bertz CT molecular complexity index is 1330. The maximum absolute atomic E-state index is 13.9. The first-order valence-electron chi connectivity index (χ1n) is 13.1. The van der Waals surface area contributed by atoms with Crippen molar-refractivity contribution in [1.29, 1.82) is 0 Å². The van der Waals surface area contributed by atoms with E-state index in [1.807, 2.05) is 47.0 Å². The summed E-state index contributed by atoms with van der Waals surface area (Å²) in [5, 5.41) is 2.96. The van der Waals surface area contributed by atoms with Crippen molar-refractivity contribution >= 4 is 22.8 Å². The first kappa shape index (κ1) is 24.7. The van der Waals surface area contributed by atoms with Gasteiger partial charge in [-0.25, -0.2) is 4.98 Å². The monoisotopic (exact) mass is 495 g/mol. The fourth-order valence-electron chi connectivity index (χ4n) is 5.21. The van der Waals surface area contributed by atoms with Crippen LogP contribution in [0, 0.1) is 0 Å². The van der Waals surface area contributed by atoms with Crippen LogP contribution in [-0.4, -0.2) is 43.8 Å². The number of aromatic nitrogens is 3. The summed E-state index contributed by atoms with van der Waals surface area (Å²) < 4.78 is 2.02. The van der Waals surface area contributed by atoms with E-state index >= 15 is 0 Å². The van der Waals surface area contributed by atoms with Crippen LogP contribution in [-0.2, 0) is 24.3 Å². The van der Waals surface area contributed by atoms with Crippen molar-refractivity contribution in [1.82, 2.24) is 24.8 Å². The van der Waals surface area contributed by atoms with Crippen molar-refractivity contribution in [3.63, 3.8) is 0 Å². The van der Waals surface area contributed by atoms with Gasteiger partial charge in [-0.05, 0) is 42.7 Å². The van der Waals surface area contributed by atoms with E-state index in [1.165, 1.54) is 19.3 Å². The molecule has 2 heterocycles. The Hall–Kier alpha value is -4.00. The van der Waals surface area contributed by atoms with Crippen molar-refractivity contribution < 1.29 is 9.59 Å². The molecule has 1 N–H and O–H groups in total. The zero-order valence-corrected chi connectivity index (χ0v) is 21.1. The number of rotatable bonds is 9. The second-order valence-corrected chi connectivity index (χ2v) is 9.64. The smallest absolute Gasteiger partial charge is 0.251 e. The van der Waals surface area contributed by atoms with Gasteiger partial charge >= 0.3 is 0 Å². The first-order valence-corrected chi connectivity index (χ1v) is 13.1. The van der Waals surface area contributed by atoms with Crippen molar-refractivity contribution in [2.24, 2.45) is 0 Å². The SMILES string of the molecule is O=C(NCCc1nc2ccccc2n1CC(=O)N(Cc1ccccc1)C1CCCCC1)c1ccncc1. The van der Waals surface area contributed by atoms with Crippen LogP contribution in [0.5, 0.6) is 0 Å². The Morgan fingerprint density at radius 3 is 2.43 bits per heavy atom. The fourth-order valence-corrected chi connectivity index (χ4v) is 5.21. The standard InChI is InChI=1S/C30H33N5O2/c36-29(34(25-11-5-2-6-12-25)21-23-9-3-1-4-10-23)22-35-27-14-8-7-13-26(27)33-28(35)17-20-32-30(37)24-15-18-31-19-16-24/h1,3-4,7-10,13-16,18-19,25H,2,5-6,11-12,17,20-22H2,(H,32,37). The predicted octanol–water partition coefficient (Wildman–Crippen LogP) is 4.77. The fraction of sp³-hybridized carbons (Fsp3) is 0.333. The van der Waals surface area contributed by atoms with Gasteiger partial charge in [0.2, 0.25) is 5.91 Å². The minimum Gasteiger partial charge on any atom is -0.352 e. The van der Waals surface area contributed by atoms with E-state index in [0.29, 0.717) is 25.1 Å². The number of nitrogens with one attached hydrogen (secondary N) is 1. The summed E-state index contributed by atoms with van der Waals surface area (Å²) in [6.45, 7) is 1.28. The Labute approximate surface area is 217 Å². The van der Waals surface area contributed by atoms with Gasteiger partial charge < -0.3 is 14.8 Å². The van der Waals surface area contributed by atoms with Crippen LogP contribution in [0.2, 0.25) is 0 Å². The Kier molecular flexibility index (Phi) is 7.89. The third-order valence-corrected chi connectivity index (χ3v) is 7.14. The Morgan fingerprint density at radius 2 is 1.65 bits per heavy atom. The summed E-state index contributed by atoms with van der Waals surface area (Å²) in [5.74, 6) is 0.765. The van der Waals surface area contributed by atoms with Gasteiger partial charge in [0, 0.05) is 43.5 Å². The molecule has 2 amide bonds. The number of carbonyl (C=O) groups excluding carboxylic acids is 2. The van der Waals surface area contributed by atoms with E-state index < -0.39 is 0 Å². The van der Waals surface area contributed by atoms with Crippen molar-refractivity contribution in [2.45, 2.75) is 57.7 Å². The van der Waals surface area contributed by atoms with E-state index in [0.717, 1.165) is 35.3 Å². The van der Waals surface area contributed by atoms with E-state index in [-0.39, 0.29) is 24.4 Å². The molecule has 1 aliphatic carbocycles. The highest BCUT2D eigenvalue weighted by molar-refractivity contribution is 5.94. The van der Waals surface area contributed by atoms with Crippen LogP contribution < -0.4 is 5.32 Å². The molecular formula is C30H33N5O2. The second kappa shape index (κ2) is 11.8. The number of pyridine rings is 1. The number of amides is 2. The maximum Gasteiger partial charge on any atom is 0.251 e. The molecule has 2 aromatic heterocycles. The molecule has 2 aromatic carbocycles. The third kappa shape index (κ3) is 6.05. The zero-order valence-electron chi connectivity index (χ0n) is 21.1. The molecule has 0 saturated heterocycles. The molecule has 4 aromatic rings. The molecule has 0 aliphatic heterocycles. The van der Waals surface area contributed by atoms with Gasteiger partial charge in [0.15, 0.2) is 0 Å². The van der Waals surface area contributed by atoms with Gasteiger partial charge in [-0.1, -0.05) is 61.7 Å². The lowest BCUT2D eigenvalue weighted by molar-refractivity contribution is -0.135. The van der Waals surface area contributed by atoms with Gasteiger partial charge in [-0.2, -0.15) is 0 Å². The van der Waals surface area contributed by atoms with Crippen LogP contribution in [0.4, 0.5) is 0 Å². The number of benzene rings is 2. The lowest BCUT2D eigenvalue weighted by Crippen LogP contribution is -2.42. The summed E-state index contributed by atoms with van der Waals surface area (Å²) >= 11 is 0. The second-order valence-electron chi connectivity index (χ2n) is 9.64. The first-order chi connectivity index (χ1) is 18.2. The Balaban J connectivity index is 1.35. The van der Waals surface area contributed by atoms with Gasteiger partial charge in [0.05, 0.1) is 11.0 Å². The van der Waals surface area contributed by atoms with E-state index in [9.17, 15) is 9.59 Å². The molecule has 0 bridgehead atoms. The largest absolute Gasteiger partial charge is 0.352 e. The Morgan fingerprint density at radius 1 is 0.919 bits per heavy atom. The predicted molar refractivity (Wildman–Crippen MR) is 144 cm³/mol. The van der Waals surface area contributed by atoms with Gasteiger partial charge in [0.25, 0.3) is 5.91 Å². The normalized spacial score (nSPS) is 13.9. The lowest BCUT2D eigenvalue weighted by atomic mass is 9.93. The number of carbonyl (C=O) groups is 2. The van der Waals surface area contributed by atoms with E-state index in [2.05, 4.69) is 27.3 Å². The highest BCUT2D eigenvalue weighted by atomic mass is 16.2.